The Morgan fingerprint density at radius 3 is 1.84 bits per heavy atom. The van der Waals surface area contributed by atoms with Gasteiger partial charge in [0.05, 0.1) is 12.8 Å². The van der Waals surface area contributed by atoms with Crippen LogP contribution in [0.3, 0.4) is 0 Å². The molecule has 0 rings (SSSR count). The van der Waals surface area contributed by atoms with Gasteiger partial charge in [-0.2, -0.15) is 0 Å². The number of hydrogen-bond acceptors (Lipinski definition) is 5. The van der Waals surface area contributed by atoms with Gasteiger partial charge in [-0.1, -0.05) is 46.0 Å². The number of carbonyl (C=O) groups is 3. The van der Waals surface area contributed by atoms with E-state index in [9.17, 15) is 14.4 Å². The molecular formula is C19H34O6. The van der Waals surface area contributed by atoms with E-state index in [2.05, 4.69) is 13.8 Å². The Bertz CT molecular complexity index is 393. The molecule has 0 bridgehead atoms. The molecule has 6 nitrogen and oxygen atoms in total. The van der Waals surface area contributed by atoms with E-state index in [4.69, 9.17) is 14.6 Å². The molecular weight excluding hydrogens is 324 g/mol. The van der Waals surface area contributed by atoms with Crippen molar-refractivity contribution in [2.24, 2.45) is 0 Å². The molecule has 146 valence electrons. The fourth-order valence-corrected chi connectivity index (χ4v) is 2.68. The van der Waals surface area contributed by atoms with Crippen molar-refractivity contribution in [1.82, 2.24) is 0 Å². The minimum atomic E-state index is -0.979. The first-order chi connectivity index (χ1) is 11.9. The SMILES string of the molecule is CCCCCC[C@H](CC(=O)O)OC(=O)C[C@@H](CCCCC)OC(C)=O. The number of carboxylic acids is 1. The summed E-state index contributed by atoms with van der Waals surface area (Å²) < 4.78 is 10.5. The minimum Gasteiger partial charge on any atom is -0.481 e. The van der Waals surface area contributed by atoms with Gasteiger partial charge in [0.2, 0.25) is 0 Å². The number of carbonyl (C=O) groups excluding carboxylic acids is 2. The maximum Gasteiger partial charge on any atom is 0.309 e. The second-order valence-corrected chi connectivity index (χ2v) is 6.49. The number of rotatable bonds is 15. The molecule has 2 atom stereocenters. The van der Waals surface area contributed by atoms with E-state index in [1.807, 2.05) is 0 Å². The zero-order chi connectivity index (χ0) is 19.1. The van der Waals surface area contributed by atoms with Gasteiger partial charge >= 0.3 is 17.9 Å². The van der Waals surface area contributed by atoms with Crippen molar-refractivity contribution in [1.29, 1.82) is 0 Å². The van der Waals surface area contributed by atoms with Gasteiger partial charge in [0.25, 0.3) is 0 Å². The molecule has 25 heavy (non-hydrogen) atoms. The van der Waals surface area contributed by atoms with Crippen molar-refractivity contribution in [3.05, 3.63) is 0 Å². The highest BCUT2D eigenvalue weighted by Gasteiger charge is 2.22. The van der Waals surface area contributed by atoms with Crippen LogP contribution in [0.2, 0.25) is 0 Å². The lowest BCUT2D eigenvalue weighted by Crippen LogP contribution is -2.26. The summed E-state index contributed by atoms with van der Waals surface area (Å²) in [6.45, 7) is 5.49. The van der Waals surface area contributed by atoms with Crippen LogP contribution in [-0.2, 0) is 23.9 Å². The van der Waals surface area contributed by atoms with Crippen molar-refractivity contribution in [3.8, 4) is 0 Å². The zero-order valence-corrected chi connectivity index (χ0v) is 15.9. The fourth-order valence-electron chi connectivity index (χ4n) is 2.68. The Hall–Kier alpha value is -1.59. The number of esters is 2. The zero-order valence-electron chi connectivity index (χ0n) is 15.9. The van der Waals surface area contributed by atoms with Crippen LogP contribution in [0, 0.1) is 0 Å². The molecule has 0 aliphatic rings. The summed E-state index contributed by atoms with van der Waals surface area (Å²) in [5, 5.41) is 8.98. The van der Waals surface area contributed by atoms with Crippen molar-refractivity contribution in [2.45, 2.75) is 104 Å². The molecule has 0 saturated carbocycles. The highest BCUT2D eigenvalue weighted by atomic mass is 16.6. The standard InChI is InChI=1S/C19H34O6/c1-4-6-8-10-12-16(13-18(21)22)25-19(23)14-17(24-15(3)20)11-9-7-5-2/h16-17H,4-14H2,1-3H3,(H,21,22)/t16-,17-/m1/s1. The van der Waals surface area contributed by atoms with E-state index in [0.29, 0.717) is 12.8 Å². The number of aliphatic carboxylic acids is 1. The summed E-state index contributed by atoms with van der Waals surface area (Å²) in [7, 11) is 0. The van der Waals surface area contributed by atoms with Crippen LogP contribution in [-0.4, -0.2) is 35.2 Å². The predicted octanol–water partition coefficient (Wildman–Crippen LogP) is 4.25. The molecule has 0 aliphatic heterocycles. The maximum atomic E-state index is 12.1. The molecule has 0 unspecified atom stereocenters. The first-order valence-electron chi connectivity index (χ1n) is 9.47. The molecule has 0 aromatic carbocycles. The molecule has 0 fully saturated rings. The Labute approximate surface area is 151 Å². The highest BCUT2D eigenvalue weighted by Crippen LogP contribution is 2.16. The Morgan fingerprint density at radius 2 is 1.32 bits per heavy atom. The molecule has 0 saturated heterocycles. The van der Waals surface area contributed by atoms with E-state index in [-0.39, 0.29) is 12.8 Å². The van der Waals surface area contributed by atoms with Gasteiger partial charge in [0, 0.05) is 6.92 Å². The van der Waals surface area contributed by atoms with Crippen molar-refractivity contribution >= 4 is 17.9 Å². The third kappa shape index (κ3) is 14.5. The van der Waals surface area contributed by atoms with Crippen LogP contribution in [0.15, 0.2) is 0 Å². The van der Waals surface area contributed by atoms with Crippen molar-refractivity contribution in [3.63, 3.8) is 0 Å². The van der Waals surface area contributed by atoms with E-state index in [1.165, 1.54) is 6.92 Å². The summed E-state index contributed by atoms with van der Waals surface area (Å²) in [4.78, 5) is 34.3. The molecule has 6 heteroatoms. The smallest absolute Gasteiger partial charge is 0.309 e. The molecule has 0 heterocycles. The van der Waals surface area contributed by atoms with E-state index in [1.54, 1.807) is 0 Å². The third-order valence-corrected chi connectivity index (χ3v) is 3.94. The van der Waals surface area contributed by atoms with Gasteiger partial charge in [-0.25, -0.2) is 0 Å². The lowest BCUT2D eigenvalue weighted by Gasteiger charge is -2.20. The van der Waals surface area contributed by atoms with Crippen LogP contribution < -0.4 is 0 Å². The van der Waals surface area contributed by atoms with E-state index in [0.717, 1.165) is 44.9 Å². The van der Waals surface area contributed by atoms with Crippen molar-refractivity contribution in [2.75, 3.05) is 0 Å². The average Bonchev–Trinajstić information content (AvgIpc) is 2.50. The Morgan fingerprint density at radius 1 is 0.800 bits per heavy atom. The van der Waals surface area contributed by atoms with Gasteiger partial charge in [0.1, 0.15) is 12.2 Å². The largest absolute Gasteiger partial charge is 0.481 e. The van der Waals surface area contributed by atoms with Crippen LogP contribution in [0.1, 0.15) is 91.4 Å². The summed E-state index contributed by atoms with van der Waals surface area (Å²) in [6, 6.07) is 0. The lowest BCUT2D eigenvalue weighted by atomic mass is 10.1. The summed E-state index contributed by atoms with van der Waals surface area (Å²) >= 11 is 0. The monoisotopic (exact) mass is 358 g/mol. The van der Waals surface area contributed by atoms with Gasteiger partial charge in [0.15, 0.2) is 0 Å². The minimum absolute atomic E-state index is 0.0195. The third-order valence-electron chi connectivity index (χ3n) is 3.94. The molecule has 0 aliphatic carbocycles. The molecule has 0 spiro atoms. The Kier molecular flexibility index (Phi) is 13.8. The molecule has 0 amide bonds. The number of ether oxygens (including phenoxy) is 2. The number of carboxylic acid groups (broad SMARTS) is 1. The fraction of sp³-hybridized carbons (Fsp3) is 0.842. The second kappa shape index (κ2) is 14.7. The number of hydrogen-bond donors (Lipinski definition) is 1. The van der Waals surface area contributed by atoms with Crippen LogP contribution in [0.4, 0.5) is 0 Å². The van der Waals surface area contributed by atoms with Crippen molar-refractivity contribution < 1.29 is 29.0 Å². The van der Waals surface area contributed by atoms with Crippen LogP contribution in [0.5, 0.6) is 0 Å². The summed E-state index contributed by atoms with van der Waals surface area (Å²) in [5.74, 6) is -1.90. The van der Waals surface area contributed by atoms with Gasteiger partial charge in [-0.05, 0) is 25.7 Å². The first kappa shape index (κ1) is 23.4. The number of unbranched alkanes of at least 4 members (excludes halogenated alkanes) is 5. The van der Waals surface area contributed by atoms with E-state index >= 15 is 0 Å². The molecule has 0 aromatic heterocycles. The van der Waals surface area contributed by atoms with Crippen LogP contribution >= 0.6 is 0 Å². The first-order valence-corrected chi connectivity index (χ1v) is 9.47. The van der Waals surface area contributed by atoms with Gasteiger partial charge < -0.3 is 14.6 Å². The molecule has 1 N–H and O–H groups in total. The molecule has 0 radical (unpaired) electrons. The average molecular weight is 358 g/mol. The normalized spacial score (nSPS) is 13.1. The van der Waals surface area contributed by atoms with Gasteiger partial charge in [-0.3, -0.25) is 14.4 Å². The maximum absolute atomic E-state index is 12.1. The van der Waals surface area contributed by atoms with E-state index < -0.39 is 30.1 Å². The lowest BCUT2D eigenvalue weighted by molar-refractivity contribution is -0.158. The van der Waals surface area contributed by atoms with Crippen LogP contribution in [0.25, 0.3) is 0 Å². The highest BCUT2D eigenvalue weighted by molar-refractivity contribution is 5.72. The molecule has 0 aromatic rings. The quantitative estimate of drug-likeness (QED) is 0.348. The summed E-state index contributed by atoms with van der Waals surface area (Å²) in [5.41, 5.74) is 0. The second-order valence-electron chi connectivity index (χ2n) is 6.49. The Balaban J connectivity index is 4.48. The summed E-state index contributed by atoms with van der Waals surface area (Å²) in [6.07, 6.45) is 6.76. The topological polar surface area (TPSA) is 89.9 Å². The van der Waals surface area contributed by atoms with Gasteiger partial charge in [-0.15, -0.1) is 0 Å². The predicted molar refractivity (Wildman–Crippen MR) is 95.2 cm³/mol.